The van der Waals surface area contributed by atoms with Gasteiger partial charge in [-0.3, -0.25) is 0 Å². The highest BCUT2D eigenvalue weighted by atomic mass is 32.2. The Bertz CT molecular complexity index is 1270. The van der Waals surface area contributed by atoms with E-state index in [2.05, 4.69) is 5.32 Å². The van der Waals surface area contributed by atoms with E-state index in [9.17, 15) is 21.6 Å². The SMILES string of the molecule is O=S(=O)(CCCC1CCCCC1)c1cccc(Nc2ccc(OCc3ccccc3)cc2C(F)(F)F)c1. The molecule has 1 N–H and O–H groups in total. The first-order chi connectivity index (χ1) is 17.7. The van der Waals surface area contributed by atoms with E-state index in [-0.39, 0.29) is 34.4 Å². The van der Waals surface area contributed by atoms with Crippen LogP contribution < -0.4 is 10.1 Å². The zero-order chi connectivity index (χ0) is 26.3. The molecular formula is C29H32F3NO3S. The lowest BCUT2D eigenvalue weighted by molar-refractivity contribution is -0.137. The highest BCUT2D eigenvalue weighted by Gasteiger charge is 2.34. The molecule has 4 nitrogen and oxygen atoms in total. The predicted molar refractivity (Wildman–Crippen MR) is 140 cm³/mol. The summed E-state index contributed by atoms with van der Waals surface area (Å²) in [4.78, 5) is 0.109. The third-order valence-corrected chi connectivity index (χ3v) is 8.57. The third-order valence-electron chi connectivity index (χ3n) is 6.77. The first kappa shape index (κ1) is 27.0. The molecule has 1 saturated carbocycles. The Morgan fingerprint density at radius 1 is 0.892 bits per heavy atom. The van der Waals surface area contributed by atoms with Crippen LogP contribution in [0.15, 0.2) is 77.7 Å². The number of sulfone groups is 1. The van der Waals surface area contributed by atoms with E-state index in [0.29, 0.717) is 12.3 Å². The normalized spacial score (nSPS) is 14.9. The summed E-state index contributed by atoms with van der Waals surface area (Å²) in [5.41, 5.74) is 0.0528. The molecule has 0 atom stereocenters. The molecule has 0 radical (unpaired) electrons. The van der Waals surface area contributed by atoms with Gasteiger partial charge in [0, 0.05) is 5.69 Å². The molecule has 3 aromatic rings. The van der Waals surface area contributed by atoms with Crippen molar-refractivity contribution in [3.05, 3.63) is 83.9 Å². The molecule has 0 amide bonds. The van der Waals surface area contributed by atoms with Crippen molar-refractivity contribution < 1.29 is 26.3 Å². The van der Waals surface area contributed by atoms with Gasteiger partial charge in [0.05, 0.1) is 21.9 Å². The van der Waals surface area contributed by atoms with Crippen LogP contribution in [0.5, 0.6) is 5.75 Å². The van der Waals surface area contributed by atoms with Gasteiger partial charge in [0.1, 0.15) is 12.4 Å². The minimum absolute atomic E-state index is 0.0359. The van der Waals surface area contributed by atoms with Crippen LogP contribution >= 0.6 is 0 Å². The number of hydrogen-bond acceptors (Lipinski definition) is 4. The van der Waals surface area contributed by atoms with E-state index in [1.54, 1.807) is 12.1 Å². The monoisotopic (exact) mass is 531 g/mol. The number of benzene rings is 3. The first-order valence-electron chi connectivity index (χ1n) is 12.7. The summed E-state index contributed by atoms with van der Waals surface area (Å²) in [7, 11) is -3.54. The second kappa shape index (κ2) is 12.0. The topological polar surface area (TPSA) is 55.4 Å². The van der Waals surface area contributed by atoms with E-state index in [1.807, 2.05) is 30.3 Å². The lowest BCUT2D eigenvalue weighted by Crippen LogP contribution is -2.12. The molecule has 1 aliphatic rings. The van der Waals surface area contributed by atoms with Gasteiger partial charge in [-0.25, -0.2) is 8.42 Å². The van der Waals surface area contributed by atoms with Gasteiger partial charge < -0.3 is 10.1 Å². The van der Waals surface area contributed by atoms with Crippen molar-refractivity contribution in [1.29, 1.82) is 0 Å². The van der Waals surface area contributed by atoms with Crippen molar-refractivity contribution in [3.63, 3.8) is 0 Å². The fourth-order valence-electron chi connectivity index (χ4n) is 4.78. The Morgan fingerprint density at radius 2 is 1.65 bits per heavy atom. The van der Waals surface area contributed by atoms with Crippen LogP contribution in [0.4, 0.5) is 24.5 Å². The van der Waals surface area contributed by atoms with Crippen molar-refractivity contribution in [2.45, 2.75) is 62.6 Å². The summed E-state index contributed by atoms with van der Waals surface area (Å²) in [6.45, 7) is 0.144. The largest absolute Gasteiger partial charge is 0.489 e. The molecule has 198 valence electrons. The molecule has 0 bridgehead atoms. The van der Waals surface area contributed by atoms with Gasteiger partial charge in [-0.15, -0.1) is 0 Å². The standard InChI is InChI=1S/C29H32F3NO3S/c30-29(31,32)27-20-25(36-21-23-11-5-2-6-12-23)16-17-28(27)33-24-14-7-15-26(19-24)37(34,35)18-8-13-22-9-3-1-4-10-22/h2,5-7,11-12,14-17,19-20,22,33H,1,3-4,8-10,13,18,21H2. The Hall–Kier alpha value is -3.00. The molecule has 0 heterocycles. The van der Waals surface area contributed by atoms with Crippen molar-refractivity contribution in [3.8, 4) is 5.75 Å². The van der Waals surface area contributed by atoms with Crippen LogP contribution in [0.25, 0.3) is 0 Å². The lowest BCUT2D eigenvalue weighted by Gasteiger charge is -2.21. The van der Waals surface area contributed by atoms with Crippen LogP contribution in [0, 0.1) is 5.92 Å². The summed E-state index contributed by atoms with van der Waals surface area (Å²) in [5, 5.41) is 2.76. The van der Waals surface area contributed by atoms with Gasteiger partial charge in [0.25, 0.3) is 0 Å². The lowest BCUT2D eigenvalue weighted by atomic mass is 9.86. The zero-order valence-electron chi connectivity index (χ0n) is 20.6. The summed E-state index contributed by atoms with van der Waals surface area (Å²) in [6, 6.07) is 18.9. The summed E-state index contributed by atoms with van der Waals surface area (Å²) in [5.74, 6) is 0.724. The van der Waals surface area contributed by atoms with Crippen molar-refractivity contribution in [2.24, 2.45) is 5.92 Å². The van der Waals surface area contributed by atoms with Crippen molar-refractivity contribution >= 4 is 21.2 Å². The number of alkyl halides is 3. The molecule has 4 rings (SSSR count). The number of anilines is 2. The molecule has 0 unspecified atom stereocenters. The maximum atomic E-state index is 13.9. The highest BCUT2D eigenvalue weighted by molar-refractivity contribution is 7.91. The van der Waals surface area contributed by atoms with Gasteiger partial charge in [-0.05, 0) is 60.7 Å². The second-order valence-electron chi connectivity index (χ2n) is 9.60. The van der Waals surface area contributed by atoms with E-state index in [4.69, 9.17) is 4.74 Å². The number of ether oxygens (including phenoxy) is 1. The number of hydrogen-bond donors (Lipinski definition) is 1. The predicted octanol–water partition coefficient (Wildman–Crippen LogP) is 8.16. The maximum Gasteiger partial charge on any atom is 0.418 e. The molecule has 0 saturated heterocycles. The minimum atomic E-state index is -4.63. The van der Waals surface area contributed by atoms with E-state index in [0.717, 1.165) is 30.9 Å². The van der Waals surface area contributed by atoms with Crippen molar-refractivity contribution in [2.75, 3.05) is 11.1 Å². The zero-order valence-corrected chi connectivity index (χ0v) is 21.5. The molecule has 8 heteroatoms. The third kappa shape index (κ3) is 7.74. The average molecular weight is 532 g/mol. The molecule has 37 heavy (non-hydrogen) atoms. The summed E-state index contributed by atoms with van der Waals surface area (Å²) in [6.07, 6.45) is 2.87. The van der Waals surface area contributed by atoms with E-state index in [1.165, 1.54) is 43.5 Å². The van der Waals surface area contributed by atoms with Crippen LogP contribution in [0.3, 0.4) is 0 Å². The smallest absolute Gasteiger partial charge is 0.418 e. The second-order valence-corrected chi connectivity index (χ2v) is 11.7. The van der Waals surface area contributed by atoms with Gasteiger partial charge >= 0.3 is 6.18 Å². The number of rotatable bonds is 10. The number of halogens is 3. The van der Waals surface area contributed by atoms with E-state index >= 15 is 0 Å². The van der Waals surface area contributed by atoms with E-state index < -0.39 is 21.6 Å². The molecule has 3 aromatic carbocycles. The molecule has 1 aliphatic carbocycles. The Labute approximate surface area is 216 Å². The Kier molecular flexibility index (Phi) is 8.79. The van der Waals surface area contributed by atoms with Gasteiger partial charge in [-0.2, -0.15) is 13.2 Å². The van der Waals surface area contributed by atoms with Crippen LogP contribution in [0.2, 0.25) is 0 Å². The van der Waals surface area contributed by atoms with Gasteiger partial charge in [0.2, 0.25) is 0 Å². The maximum absolute atomic E-state index is 13.9. The van der Waals surface area contributed by atoms with Crippen LogP contribution in [-0.2, 0) is 22.6 Å². The average Bonchev–Trinajstić information content (AvgIpc) is 2.89. The van der Waals surface area contributed by atoms with Crippen LogP contribution in [0.1, 0.15) is 56.1 Å². The van der Waals surface area contributed by atoms with Crippen molar-refractivity contribution in [1.82, 2.24) is 0 Å². The first-order valence-corrected chi connectivity index (χ1v) is 14.3. The fourth-order valence-corrected chi connectivity index (χ4v) is 6.15. The highest BCUT2D eigenvalue weighted by Crippen LogP contribution is 2.39. The summed E-state index contributed by atoms with van der Waals surface area (Å²) >= 11 is 0. The molecule has 0 aromatic heterocycles. The molecule has 1 fully saturated rings. The fraction of sp³-hybridized carbons (Fsp3) is 0.379. The Balaban J connectivity index is 1.45. The molecule has 0 spiro atoms. The minimum Gasteiger partial charge on any atom is -0.489 e. The van der Waals surface area contributed by atoms with Gasteiger partial charge in [0.15, 0.2) is 9.84 Å². The molecule has 0 aliphatic heterocycles. The van der Waals surface area contributed by atoms with Crippen LogP contribution in [-0.4, -0.2) is 14.2 Å². The Morgan fingerprint density at radius 3 is 2.38 bits per heavy atom. The van der Waals surface area contributed by atoms with Gasteiger partial charge in [-0.1, -0.05) is 68.5 Å². The quantitative estimate of drug-likeness (QED) is 0.287. The molecular weight excluding hydrogens is 499 g/mol. The number of nitrogens with one attached hydrogen (secondary N) is 1. The summed E-state index contributed by atoms with van der Waals surface area (Å²) < 4.78 is 73.0.